The van der Waals surface area contributed by atoms with E-state index in [9.17, 15) is 0 Å². The Labute approximate surface area is 114 Å². The topological polar surface area (TPSA) is 43.4 Å². The van der Waals surface area contributed by atoms with Crippen molar-refractivity contribution in [3.8, 4) is 0 Å². The van der Waals surface area contributed by atoms with Crippen LogP contribution in [-0.2, 0) is 9.47 Å². The van der Waals surface area contributed by atoms with E-state index in [0.29, 0.717) is 6.04 Å². The van der Waals surface area contributed by atoms with Gasteiger partial charge in [0.25, 0.3) is 0 Å². The minimum atomic E-state index is -0.0280. The molecule has 1 N–H and O–H groups in total. The van der Waals surface area contributed by atoms with Crippen molar-refractivity contribution in [2.24, 2.45) is 0 Å². The second-order valence-electron chi connectivity index (χ2n) is 5.67. The van der Waals surface area contributed by atoms with Crippen molar-refractivity contribution in [2.75, 3.05) is 19.8 Å². The maximum atomic E-state index is 5.96. The zero-order valence-electron chi connectivity index (χ0n) is 11.5. The Kier molecular flexibility index (Phi) is 3.82. The van der Waals surface area contributed by atoms with E-state index in [-0.39, 0.29) is 11.6 Å². The van der Waals surface area contributed by atoms with Gasteiger partial charge in [-0.3, -0.25) is 4.98 Å². The molecule has 2 fully saturated rings. The van der Waals surface area contributed by atoms with Crippen LogP contribution in [0.4, 0.5) is 0 Å². The molecule has 4 nitrogen and oxygen atoms in total. The van der Waals surface area contributed by atoms with Gasteiger partial charge < -0.3 is 14.8 Å². The zero-order chi connectivity index (χ0) is 13.1. The molecule has 1 aromatic rings. The average Bonchev–Trinajstić information content (AvgIpc) is 2.88. The molecule has 2 aliphatic heterocycles. The Balaban J connectivity index is 1.60. The molecule has 2 unspecified atom stereocenters. The maximum Gasteiger partial charge on any atom is 0.0951 e. The number of aromatic nitrogens is 1. The van der Waals surface area contributed by atoms with Crippen LogP contribution >= 0.6 is 0 Å². The summed E-state index contributed by atoms with van der Waals surface area (Å²) in [5.41, 5.74) is 1.07. The summed E-state index contributed by atoms with van der Waals surface area (Å²) in [7, 11) is 0. The van der Waals surface area contributed by atoms with E-state index < -0.39 is 0 Å². The van der Waals surface area contributed by atoms with Crippen LogP contribution in [0.5, 0.6) is 0 Å². The number of nitrogens with zero attached hydrogens (tertiary/aromatic N) is 1. The Bertz CT molecular complexity index is 404. The normalized spacial score (nSPS) is 32.6. The van der Waals surface area contributed by atoms with Crippen molar-refractivity contribution in [2.45, 2.75) is 43.9 Å². The summed E-state index contributed by atoms with van der Waals surface area (Å²) in [6.07, 6.45) is 5.00. The summed E-state index contributed by atoms with van der Waals surface area (Å²) in [5.74, 6) is 0. The van der Waals surface area contributed by atoms with E-state index in [0.717, 1.165) is 44.8 Å². The Morgan fingerprint density at radius 1 is 1.42 bits per heavy atom. The summed E-state index contributed by atoms with van der Waals surface area (Å²) in [5, 5.41) is 3.69. The van der Waals surface area contributed by atoms with E-state index in [1.165, 1.54) is 0 Å². The maximum absolute atomic E-state index is 5.96. The highest BCUT2D eigenvalue weighted by atomic mass is 16.6. The SMILES string of the molecule is C[C@@H](NC1CCOC2(CCOC2)C1)c1ccccn1. The lowest BCUT2D eigenvalue weighted by Crippen LogP contribution is -2.48. The predicted molar refractivity (Wildman–Crippen MR) is 72.9 cm³/mol. The van der Waals surface area contributed by atoms with E-state index >= 15 is 0 Å². The molecule has 0 aliphatic carbocycles. The highest BCUT2D eigenvalue weighted by Gasteiger charge is 2.41. The van der Waals surface area contributed by atoms with Crippen LogP contribution in [0.1, 0.15) is 37.9 Å². The Hall–Kier alpha value is -0.970. The first-order valence-electron chi connectivity index (χ1n) is 7.16. The average molecular weight is 262 g/mol. The van der Waals surface area contributed by atoms with Crippen LogP contribution in [0.2, 0.25) is 0 Å². The van der Waals surface area contributed by atoms with Crippen molar-refractivity contribution in [3.05, 3.63) is 30.1 Å². The van der Waals surface area contributed by atoms with Gasteiger partial charge in [-0.15, -0.1) is 0 Å². The molecule has 3 heterocycles. The van der Waals surface area contributed by atoms with E-state index in [1.807, 2.05) is 18.3 Å². The molecule has 0 saturated carbocycles. The van der Waals surface area contributed by atoms with Gasteiger partial charge in [0.1, 0.15) is 0 Å². The van der Waals surface area contributed by atoms with Crippen molar-refractivity contribution in [1.82, 2.24) is 10.3 Å². The number of hydrogen-bond donors (Lipinski definition) is 1. The molecule has 19 heavy (non-hydrogen) atoms. The van der Waals surface area contributed by atoms with E-state index in [4.69, 9.17) is 9.47 Å². The van der Waals surface area contributed by atoms with Crippen LogP contribution in [-0.4, -0.2) is 36.4 Å². The zero-order valence-corrected chi connectivity index (χ0v) is 11.5. The molecule has 0 radical (unpaired) electrons. The lowest BCUT2D eigenvalue weighted by atomic mass is 9.89. The fourth-order valence-corrected chi connectivity index (χ4v) is 3.10. The van der Waals surface area contributed by atoms with Crippen molar-refractivity contribution >= 4 is 0 Å². The quantitative estimate of drug-likeness (QED) is 0.905. The molecule has 2 saturated heterocycles. The number of ether oxygens (including phenoxy) is 2. The molecule has 3 rings (SSSR count). The smallest absolute Gasteiger partial charge is 0.0951 e. The molecule has 3 atom stereocenters. The third-order valence-corrected chi connectivity index (χ3v) is 4.18. The Morgan fingerprint density at radius 2 is 2.37 bits per heavy atom. The molecule has 1 aromatic heterocycles. The fourth-order valence-electron chi connectivity index (χ4n) is 3.10. The summed E-state index contributed by atoms with van der Waals surface area (Å²) >= 11 is 0. The number of hydrogen-bond acceptors (Lipinski definition) is 4. The highest BCUT2D eigenvalue weighted by Crippen LogP contribution is 2.33. The third-order valence-electron chi connectivity index (χ3n) is 4.18. The molecule has 0 amide bonds. The van der Waals surface area contributed by atoms with Crippen LogP contribution in [0, 0.1) is 0 Å². The molecule has 0 bridgehead atoms. The first kappa shape index (κ1) is 13.0. The van der Waals surface area contributed by atoms with E-state index in [1.54, 1.807) is 0 Å². The molecule has 1 spiro atoms. The van der Waals surface area contributed by atoms with Crippen LogP contribution in [0.3, 0.4) is 0 Å². The second-order valence-corrected chi connectivity index (χ2v) is 5.67. The first-order valence-corrected chi connectivity index (χ1v) is 7.16. The van der Waals surface area contributed by atoms with Crippen molar-refractivity contribution in [3.63, 3.8) is 0 Å². The lowest BCUT2D eigenvalue weighted by Gasteiger charge is -2.38. The van der Waals surface area contributed by atoms with Gasteiger partial charge in [0.15, 0.2) is 0 Å². The Morgan fingerprint density at radius 3 is 3.11 bits per heavy atom. The predicted octanol–water partition coefficient (Wildman–Crippen LogP) is 2.07. The van der Waals surface area contributed by atoms with Gasteiger partial charge in [0.2, 0.25) is 0 Å². The molecule has 104 valence electrons. The molecule has 2 aliphatic rings. The summed E-state index contributed by atoms with van der Waals surface area (Å²) < 4.78 is 11.5. The number of rotatable bonds is 3. The first-order chi connectivity index (χ1) is 9.27. The second kappa shape index (κ2) is 5.57. The van der Waals surface area contributed by atoms with Gasteiger partial charge >= 0.3 is 0 Å². The van der Waals surface area contributed by atoms with Crippen molar-refractivity contribution < 1.29 is 9.47 Å². The monoisotopic (exact) mass is 262 g/mol. The van der Waals surface area contributed by atoms with Gasteiger partial charge in [-0.25, -0.2) is 0 Å². The minimum absolute atomic E-state index is 0.0280. The third kappa shape index (κ3) is 2.96. The van der Waals surface area contributed by atoms with Gasteiger partial charge in [-0.2, -0.15) is 0 Å². The van der Waals surface area contributed by atoms with Gasteiger partial charge in [-0.05, 0) is 31.9 Å². The number of pyridine rings is 1. The summed E-state index contributed by atoms with van der Waals surface area (Å²) in [4.78, 5) is 4.41. The highest BCUT2D eigenvalue weighted by molar-refractivity contribution is 5.08. The van der Waals surface area contributed by atoms with Gasteiger partial charge in [0, 0.05) is 37.9 Å². The summed E-state index contributed by atoms with van der Waals surface area (Å²) in [6, 6.07) is 6.84. The van der Waals surface area contributed by atoms with Crippen LogP contribution in [0.15, 0.2) is 24.4 Å². The summed E-state index contributed by atoms with van der Waals surface area (Å²) in [6.45, 7) is 4.59. The largest absolute Gasteiger partial charge is 0.378 e. The fraction of sp³-hybridized carbons (Fsp3) is 0.667. The molecular formula is C15H22N2O2. The molecular weight excluding hydrogens is 240 g/mol. The molecule has 0 aromatic carbocycles. The van der Waals surface area contributed by atoms with Gasteiger partial charge in [0.05, 0.1) is 17.9 Å². The van der Waals surface area contributed by atoms with E-state index in [2.05, 4.69) is 23.3 Å². The van der Waals surface area contributed by atoms with Crippen LogP contribution < -0.4 is 5.32 Å². The van der Waals surface area contributed by atoms with Crippen molar-refractivity contribution in [1.29, 1.82) is 0 Å². The minimum Gasteiger partial charge on any atom is -0.378 e. The molecule has 4 heteroatoms. The van der Waals surface area contributed by atoms with Gasteiger partial charge in [-0.1, -0.05) is 6.07 Å². The standard InChI is InChI=1S/C15H22N2O2/c1-12(14-4-2-3-7-16-14)17-13-5-8-19-15(10-13)6-9-18-11-15/h2-4,7,12-13,17H,5-6,8-11H2,1H3/t12-,13?,15?/m1/s1. The lowest BCUT2D eigenvalue weighted by molar-refractivity contribution is -0.0902. The number of nitrogens with one attached hydrogen (secondary N) is 1. The van der Waals surface area contributed by atoms with Crippen LogP contribution in [0.25, 0.3) is 0 Å².